The van der Waals surface area contributed by atoms with Crippen molar-refractivity contribution >= 4 is 33.2 Å². The van der Waals surface area contributed by atoms with E-state index in [4.69, 9.17) is 4.74 Å². The maximum atomic E-state index is 12.2. The lowest BCUT2D eigenvalue weighted by molar-refractivity contribution is 0.0259. The number of ether oxygens (including phenoxy) is 1. The molecular formula is C10H10BrNO2S. The Balaban J connectivity index is 1.84. The molecule has 2 saturated heterocycles. The summed E-state index contributed by atoms with van der Waals surface area (Å²) in [6.07, 6.45) is 1.28. The second-order valence-electron chi connectivity index (χ2n) is 3.94. The van der Waals surface area contributed by atoms with Gasteiger partial charge in [-0.1, -0.05) is 0 Å². The molecule has 2 fully saturated rings. The van der Waals surface area contributed by atoms with Gasteiger partial charge >= 0.3 is 0 Å². The van der Waals surface area contributed by atoms with Gasteiger partial charge in [0.25, 0.3) is 5.91 Å². The quantitative estimate of drug-likeness (QED) is 0.792. The number of likely N-dealkylation sites (tertiary alicyclic amines) is 1. The molecule has 2 unspecified atom stereocenters. The highest BCUT2D eigenvalue weighted by molar-refractivity contribution is 9.10. The predicted octanol–water partition coefficient (Wildman–Crippen LogP) is 2.12. The molecule has 2 bridgehead atoms. The van der Waals surface area contributed by atoms with E-state index in [-0.39, 0.29) is 12.0 Å². The number of hydrogen-bond donors (Lipinski definition) is 0. The van der Waals surface area contributed by atoms with Crippen molar-refractivity contribution < 1.29 is 9.53 Å². The molecule has 0 aliphatic carbocycles. The van der Waals surface area contributed by atoms with Crippen LogP contribution in [0.4, 0.5) is 0 Å². The highest BCUT2D eigenvalue weighted by atomic mass is 79.9. The fourth-order valence-electron chi connectivity index (χ4n) is 2.24. The van der Waals surface area contributed by atoms with E-state index >= 15 is 0 Å². The largest absolute Gasteiger partial charge is 0.374 e. The number of amides is 1. The Morgan fingerprint density at radius 1 is 1.60 bits per heavy atom. The van der Waals surface area contributed by atoms with Crippen molar-refractivity contribution in [3.63, 3.8) is 0 Å². The van der Waals surface area contributed by atoms with Gasteiger partial charge in [-0.2, -0.15) is 11.3 Å². The number of thiophene rings is 1. The van der Waals surface area contributed by atoms with Gasteiger partial charge in [0.2, 0.25) is 0 Å². The van der Waals surface area contributed by atoms with Gasteiger partial charge in [-0.15, -0.1) is 0 Å². The van der Waals surface area contributed by atoms with Crippen molar-refractivity contribution in [2.24, 2.45) is 0 Å². The third kappa shape index (κ3) is 1.53. The topological polar surface area (TPSA) is 29.5 Å². The van der Waals surface area contributed by atoms with Gasteiger partial charge < -0.3 is 9.64 Å². The Morgan fingerprint density at radius 2 is 2.47 bits per heavy atom. The zero-order valence-corrected chi connectivity index (χ0v) is 10.4. The summed E-state index contributed by atoms with van der Waals surface area (Å²) < 4.78 is 6.38. The second-order valence-corrected chi connectivity index (χ2v) is 5.53. The minimum atomic E-state index is 0.138. The summed E-state index contributed by atoms with van der Waals surface area (Å²) in [5, 5.41) is 3.84. The van der Waals surface area contributed by atoms with E-state index in [0.717, 1.165) is 23.0 Å². The standard InChI is InChI=1S/C10H10BrNO2S/c11-9-5-15-4-8(9)10(13)12-2-7-1-6(12)3-14-7/h4-7H,1-3H2. The molecule has 2 aliphatic heterocycles. The van der Waals surface area contributed by atoms with E-state index in [1.54, 1.807) is 11.3 Å². The van der Waals surface area contributed by atoms with Crippen molar-refractivity contribution in [1.82, 2.24) is 4.90 Å². The minimum Gasteiger partial charge on any atom is -0.374 e. The fraction of sp³-hybridized carbons (Fsp3) is 0.500. The summed E-state index contributed by atoms with van der Waals surface area (Å²) in [5.41, 5.74) is 0.785. The third-order valence-corrected chi connectivity index (χ3v) is 4.71. The maximum Gasteiger partial charge on any atom is 0.256 e. The second kappa shape index (κ2) is 3.57. The van der Waals surface area contributed by atoms with Gasteiger partial charge in [0, 0.05) is 21.8 Å². The van der Waals surface area contributed by atoms with Crippen LogP contribution in [0.1, 0.15) is 16.8 Å². The molecule has 0 N–H and O–H groups in total. The SMILES string of the molecule is O=C(c1cscc1Br)N1CC2CC1CO2. The van der Waals surface area contributed by atoms with E-state index in [1.807, 2.05) is 15.7 Å². The van der Waals surface area contributed by atoms with E-state index in [1.165, 1.54) is 0 Å². The van der Waals surface area contributed by atoms with Gasteiger partial charge in [0.05, 0.1) is 24.3 Å². The lowest BCUT2D eigenvalue weighted by Crippen LogP contribution is -2.41. The van der Waals surface area contributed by atoms with Gasteiger partial charge in [-0.05, 0) is 22.4 Å². The monoisotopic (exact) mass is 287 g/mol. The van der Waals surface area contributed by atoms with Crippen molar-refractivity contribution in [3.8, 4) is 0 Å². The maximum absolute atomic E-state index is 12.2. The van der Waals surface area contributed by atoms with Crippen LogP contribution in [0.2, 0.25) is 0 Å². The Morgan fingerprint density at radius 3 is 3.00 bits per heavy atom. The highest BCUT2D eigenvalue weighted by Gasteiger charge is 2.41. The summed E-state index contributed by atoms with van der Waals surface area (Å²) in [4.78, 5) is 14.1. The van der Waals surface area contributed by atoms with Crippen molar-refractivity contribution in [2.45, 2.75) is 18.6 Å². The zero-order valence-electron chi connectivity index (χ0n) is 7.98. The van der Waals surface area contributed by atoms with Crippen LogP contribution in [0.15, 0.2) is 15.2 Å². The smallest absolute Gasteiger partial charge is 0.256 e. The molecule has 1 amide bonds. The van der Waals surface area contributed by atoms with Crippen LogP contribution < -0.4 is 0 Å². The molecule has 15 heavy (non-hydrogen) atoms. The number of carbonyl (C=O) groups excluding carboxylic acids is 1. The molecule has 0 spiro atoms. The number of carbonyl (C=O) groups is 1. The molecule has 3 rings (SSSR count). The minimum absolute atomic E-state index is 0.138. The van der Waals surface area contributed by atoms with E-state index in [9.17, 15) is 4.79 Å². The molecule has 80 valence electrons. The van der Waals surface area contributed by atoms with Gasteiger partial charge in [-0.3, -0.25) is 4.79 Å². The lowest BCUT2D eigenvalue weighted by Gasteiger charge is -2.26. The molecule has 3 nitrogen and oxygen atoms in total. The zero-order chi connectivity index (χ0) is 10.4. The summed E-state index contributed by atoms with van der Waals surface area (Å²) in [5.74, 6) is 0.138. The number of halogens is 1. The molecule has 0 aromatic carbocycles. The average molecular weight is 288 g/mol. The van der Waals surface area contributed by atoms with Crippen LogP contribution in [0.3, 0.4) is 0 Å². The third-order valence-electron chi connectivity index (χ3n) is 3.01. The number of hydrogen-bond acceptors (Lipinski definition) is 3. The van der Waals surface area contributed by atoms with E-state index in [2.05, 4.69) is 15.9 Å². The Bertz CT molecular complexity index is 406. The van der Waals surface area contributed by atoms with E-state index in [0.29, 0.717) is 12.6 Å². The highest BCUT2D eigenvalue weighted by Crippen LogP contribution is 2.31. The Kier molecular flexibility index (Phi) is 2.34. The molecule has 1 aromatic rings. The van der Waals surface area contributed by atoms with Gasteiger partial charge in [-0.25, -0.2) is 0 Å². The number of rotatable bonds is 1. The molecular weight excluding hydrogens is 278 g/mol. The first-order chi connectivity index (χ1) is 7.25. The Hall–Kier alpha value is -0.390. The molecule has 0 radical (unpaired) electrons. The van der Waals surface area contributed by atoms with Crippen LogP contribution in [0, 0.1) is 0 Å². The first-order valence-corrected chi connectivity index (χ1v) is 6.63. The molecule has 5 heteroatoms. The molecule has 0 saturated carbocycles. The van der Waals surface area contributed by atoms with Crippen molar-refractivity contribution in [3.05, 3.63) is 20.8 Å². The molecule has 2 aliphatic rings. The van der Waals surface area contributed by atoms with Crippen molar-refractivity contribution in [1.29, 1.82) is 0 Å². The molecule has 1 aromatic heterocycles. The van der Waals surface area contributed by atoms with Crippen LogP contribution in [-0.4, -0.2) is 36.1 Å². The summed E-state index contributed by atoms with van der Waals surface area (Å²) >= 11 is 4.95. The van der Waals surface area contributed by atoms with Gasteiger partial charge in [0.15, 0.2) is 0 Å². The van der Waals surface area contributed by atoms with Crippen molar-refractivity contribution in [2.75, 3.05) is 13.2 Å². The molecule has 3 heterocycles. The summed E-state index contributed by atoms with van der Waals surface area (Å²) in [7, 11) is 0. The number of morpholine rings is 1. The number of nitrogens with zero attached hydrogens (tertiary/aromatic N) is 1. The molecule has 2 atom stereocenters. The fourth-order valence-corrected chi connectivity index (χ4v) is 3.67. The van der Waals surface area contributed by atoms with Crippen LogP contribution in [-0.2, 0) is 4.74 Å². The Labute approximate surface area is 100 Å². The normalized spacial score (nSPS) is 28.7. The predicted molar refractivity (Wildman–Crippen MR) is 61.2 cm³/mol. The summed E-state index contributed by atoms with van der Waals surface area (Å²) in [6.45, 7) is 1.46. The van der Waals surface area contributed by atoms with Gasteiger partial charge in [0.1, 0.15) is 0 Å². The van der Waals surface area contributed by atoms with Crippen LogP contribution >= 0.6 is 27.3 Å². The van der Waals surface area contributed by atoms with Crippen LogP contribution in [0.5, 0.6) is 0 Å². The van der Waals surface area contributed by atoms with Crippen LogP contribution in [0.25, 0.3) is 0 Å². The number of fused-ring (bicyclic) bond motifs is 2. The summed E-state index contributed by atoms with van der Waals surface area (Å²) in [6, 6.07) is 0.300. The first kappa shape index (κ1) is 9.81. The average Bonchev–Trinajstić information content (AvgIpc) is 2.91. The first-order valence-electron chi connectivity index (χ1n) is 4.90. The lowest BCUT2D eigenvalue weighted by atomic mass is 10.2. The van der Waals surface area contributed by atoms with E-state index < -0.39 is 0 Å².